The number of hydrogen-bond donors (Lipinski definition) is 1. The van der Waals surface area contributed by atoms with Crippen LogP contribution in [0.2, 0.25) is 0 Å². The Hall–Kier alpha value is -0.110. The molecule has 0 saturated heterocycles. The fourth-order valence-electron chi connectivity index (χ4n) is 0.428. The quantitative estimate of drug-likeness (QED) is 0.575. The Morgan fingerprint density at radius 3 is 1.75 bits per heavy atom. The maximum atomic E-state index is 8.63. The van der Waals surface area contributed by atoms with Crippen molar-refractivity contribution in [3.63, 3.8) is 0 Å². The van der Waals surface area contributed by atoms with Crippen molar-refractivity contribution in [1.29, 1.82) is 0 Å². The molecule has 0 unspecified atom stereocenters. The molecule has 0 aliphatic rings. The molecule has 1 radical (unpaired) electrons. The van der Waals surface area contributed by atoms with Gasteiger partial charge in [-0.15, -0.1) is 0 Å². The molecule has 1 aromatic carbocycles. The number of benzene rings is 1. The van der Waals surface area contributed by atoms with Crippen LogP contribution in [0, 0.1) is 0 Å². The van der Waals surface area contributed by atoms with Gasteiger partial charge in [-0.2, -0.15) is 0 Å². The summed E-state index contributed by atoms with van der Waals surface area (Å²) in [5.74, 6) is 0.322. The van der Waals surface area contributed by atoms with E-state index < -0.39 is 0 Å². The van der Waals surface area contributed by atoms with Gasteiger partial charge in [0.1, 0.15) is 5.75 Å². The number of para-hydroxylation sites is 1. The monoisotopic (exact) mass is 139 g/mol. The molecule has 0 aliphatic heterocycles. The second-order valence-electron chi connectivity index (χ2n) is 1.34. The summed E-state index contributed by atoms with van der Waals surface area (Å²) in [6.45, 7) is 0. The van der Waals surface area contributed by atoms with Crippen LogP contribution < -0.4 is 0 Å². The SMILES string of the molecule is Oc1ccccc1.[Sc]. The number of hydrogen-bond acceptors (Lipinski definition) is 1. The molecule has 0 aromatic heterocycles. The maximum Gasteiger partial charge on any atom is 0.115 e. The number of aromatic hydroxyl groups is 1. The van der Waals surface area contributed by atoms with Crippen molar-refractivity contribution >= 4 is 0 Å². The average Bonchev–Trinajstić information content (AvgIpc) is 1.69. The van der Waals surface area contributed by atoms with Crippen molar-refractivity contribution < 1.29 is 30.9 Å². The zero-order chi connectivity index (χ0) is 5.11. The maximum absolute atomic E-state index is 8.63. The predicted octanol–water partition coefficient (Wildman–Crippen LogP) is 1.39. The van der Waals surface area contributed by atoms with Crippen LogP contribution in [0.15, 0.2) is 30.3 Å². The summed E-state index contributed by atoms with van der Waals surface area (Å²) in [4.78, 5) is 0. The third kappa shape index (κ3) is 2.26. The smallest absolute Gasteiger partial charge is 0.115 e. The summed E-state index contributed by atoms with van der Waals surface area (Å²) in [5, 5.41) is 8.63. The van der Waals surface area contributed by atoms with E-state index in [4.69, 9.17) is 5.11 Å². The first-order valence-corrected chi connectivity index (χ1v) is 2.13. The fourth-order valence-corrected chi connectivity index (χ4v) is 0.428. The Bertz CT molecular complexity index is 138. The zero-order valence-corrected chi connectivity index (χ0v) is 6.21. The molecule has 8 heavy (non-hydrogen) atoms. The summed E-state index contributed by atoms with van der Waals surface area (Å²) < 4.78 is 0. The molecule has 2 heteroatoms. The van der Waals surface area contributed by atoms with E-state index in [9.17, 15) is 0 Å². The third-order valence-corrected chi connectivity index (χ3v) is 0.756. The standard InChI is InChI=1S/C6H6O.Sc/c7-6-4-2-1-3-5-6;/h1-5,7H;. The summed E-state index contributed by atoms with van der Waals surface area (Å²) in [5.41, 5.74) is 0. The van der Waals surface area contributed by atoms with E-state index in [1.807, 2.05) is 6.07 Å². The van der Waals surface area contributed by atoms with E-state index in [-0.39, 0.29) is 25.8 Å². The minimum absolute atomic E-state index is 0. The van der Waals surface area contributed by atoms with E-state index in [1.165, 1.54) is 0 Å². The molecule has 0 saturated carbocycles. The molecular formula is C6H6OSc. The van der Waals surface area contributed by atoms with Gasteiger partial charge in [-0.05, 0) is 12.1 Å². The van der Waals surface area contributed by atoms with E-state index in [1.54, 1.807) is 24.3 Å². The molecule has 0 bridgehead atoms. The predicted molar refractivity (Wildman–Crippen MR) is 28.1 cm³/mol. The fraction of sp³-hybridized carbons (Fsp3) is 0. The summed E-state index contributed by atoms with van der Waals surface area (Å²) in [6, 6.07) is 8.71. The van der Waals surface area contributed by atoms with E-state index >= 15 is 0 Å². The molecule has 0 heterocycles. The minimum Gasteiger partial charge on any atom is -0.508 e. The first kappa shape index (κ1) is 7.89. The largest absolute Gasteiger partial charge is 0.508 e. The van der Waals surface area contributed by atoms with Crippen molar-refractivity contribution in [2.24, 2.45) is 0 Å². The van der Waals surface area contributed by atoms with Crippen molar-refractivity contribution in [2.45, 2.75) is 0 Å². The first-order valence-electron chi connectivity index (χ1n) is 2.13. The second-order valence-corrected chi connectivity index (χ2v) is 1.34. The van der Waals surface area contributed by atoms with Crippen LogP contribution in [0.3, 0.4) is 0 Å². The van der Waals surface area contributed by atoms with E-state index in [0.29, 0.717) is 5.75 Å². The minimum atomic E-state index is 0. The summed E-state index contributed by atoms with van der Waals surface area (Å²) >= 11 is 0. The van der Waals surface area contributed by atoms with Crippen LogP contribution in [0.5, 0.6) is 5.75 Å². The normalized spacial score (nSPS) is 7.50. The van der Waals surface area contributed by atoms with Crippen molar-refractivity contribution in [3.8, 4) is 5.75 Å². The van der Waals surface area contributed by atoms with Gasteiger partial charge in [0.2, 0.25) is 0 Å². The van der Waals surface area contributed by atoms with E-state index in [0.717, 1.165) is 0 Å². The van der Waals surface area contributed by atoms with Crippen molar-refractivity contribution in [2.75, 3.05) is 0 Å². The second kappa shape index (κ2) is 3.84. The van der Waals surface area contributed by atoms with Crippen LogP contribution >= 0.6 is 0 Å². The van der Waals surface area contributed by atoms with E-state index in [2.05, 4.69) is 0 Å². The van der Waals surface area contributed by atoms with Crippen LogP contribution in [0.1, 0.15) is 0 Å². The van der Waals surface area contributed by atoms with Crippen LogP contribution in [-0.2, 0) is 25.8 Å². The molecule has 0 spiro atoms. The van der Waals surface area contributed by atoms with Crippen molar-refractivity contribution in [1.82, 2.24) is 0 Å². The van der Waals surface area contributed by atoms with Gasteiger partial charge in [-0.25, -0.2) is 0 Å². The number of phenols is 1. The van der Waals surface area contributed by atoms with Crippen LogP contribution in [0.4, 0.5) is 0 Å². The van der Waals surface area contributed by atoms with Crippen LogP contribution in [0.25, 0.3) is 0 Å². The molecule has 39 valence electrons. The molecule has 0 amide bonds. The summed E-state index contributed by atoms with van der Waals surface area (Å²) in [6.07, 6.45) is 0. The zero-order valence-electron chi connectivity index (χ0n) is 4.41. The van der Waals surface area contributed by atoms with Gasteiger partial charge in [0.05, 0.1) is 0 Å². The molecule has 1 aromatic rings. The molecule has 1 N–H and O–H groups in total. The summed E-state index contributed by atoms with van der Waals surface area (Å²) in [7, 11) is 0. The third-order valence-electron chi connectivity index (χ3n) is 0.756. The molecule has 0 atom stereocenters. The number of rotatable bonds is 0. The van der Waals surface area contributed by atoms with Gasteiger partial charge in [-0.1, -0.05) is 18.2 Å². The van der Waals surface area contributed by atoms with Crippen LogP contribution in [-0.4, -0.2) is 5.11 Å². The van der Waals surface area contributed by atoms with Gasteiger partial charge in [0.15, 0.2) is 0 Å². The Kier molecular flexibility index (Phi) is 3.79. The Balaban J connectivity index is 0.000000490. The van der Waals surface area contributed by atoms with Gasteiger partial charge in [-0.3, -0.25) is 0 Å². The first-order chi connectivity index (χ1) is 3.39. The topological polar surface area (TPSA) is 20.2 Å². The Morgan fingerprint density at radius 1 is 1.00 bits per heavy atom. The van der Waals surface area contributed by atoms with Gasteiger partial charge in [0, 0.05) is 25.8 Å². The Labute approximate surface area is 67.1 Å². The molecule has 1 nitrogen and oxygen atoms in total. The van der Waals surface area contributed by atoms with Crippen molar-refractivity contribution in [3.05, 3.63) is 30.3 Å². The van der Waals surface area contributed by atoms with Gasteiger partial charge < -0.3 is 5.11 Å². The molecule has 0 aliphatic carbocycles. The van der Waals surface area contributed by atoms with Gasteiger partial charge >= 0.3 is 0 Å². The number of phenolic OH excluding ortho intramolecular Hbond substituents is 1. The molecule has 0 fully saturated rings. The Morgan fingerprint density at radius 2 is 1.50 bits per heavy atom. The van der Waals surface area contributed by atoms with Gasteiger partial charge in [0.25, 0.3) is 0 Å². The molecule has 1 rings (SSSR count). The average molecular weight is 139 g/mol. The molecular weight excluding hydrogens is 133 g/mol.